The predicted molar refractivity (Wildman–Crippen MR) is 93.0 cm³/mol. The van der Waals surface area contributed by atoms with Crippen molar-refractivity contribution in [1.82, 2.24) is 20.2 Å². The summed E-state index contributed by atoms with van der Waals surface area (Å²) in [5.41, 5.74) is 2.17. The molecule has 4 aromatic rings. The van der Waals surface area contributed by atoms with Gasteiger partial charge in [-0.15, -0.1) is 0 Å². The van der Waals surface area contributed by atoms with Gasteiger partial charge in [0.05, 0.1) is 27.3 Å². The zero-order valence-corrected chi connectivity index (χ0v) is 13.4. The first kappa shape index (κ1) is 15.3. The Morgan fingerprint density at radius 2 is 2.00 bits per heavy atom. The molecular formula is C17H11ClFN5O. The van der Waals surface area contributed by atoms with Crippen LogP contribution in [0.1, 0.15) is 10.4 Å². The van der Waals surface area contributed by atoms with Crippen LogP contribution in [0.3, 0.4) is 0 Å². The lowest BCUT2D eigenvalue weighted by atomic mass is 10.2. The zero-order valence-electron chi connectivity index (χ0n) is 12.7. The lowest BCUT2D eigenvalue weighted by molar-refractivity contribution is 0.102. The van der Waals surface area contributed by atoms with Crippen LogP contribution in [-0.4, -0.2) is 26.1 Å². The number of rotatable bonds is 3. The number of carbonyl (C=O) groups excluding carboxylic acids is 1. The van der Waals surface area contributed by atoms with Crippen LogP contribution in [0, 0.1) is 5.82 Å². The summed E-state index contributed by atoms with van der Waals surface area (Å²) in [5.74, 6) is -0.877. The molecule has 0 saturated heterocycles. The molecule has 4 rings (SSSR count). The lowest BCUT2D eigenvalue weighted by Crippen LogP contribution is -2.14. The van der Waals surface area contributed by atoms with E-state index in [1.54, 1.807) is 0 Å². The molecule has 0 unspecified atom stereocenters. The zero-order chi connectivity index (χ0) is 17.4. The second kappa shape index (κ2) is 6.03. The highest BCUT2D eigenvalue weighted by Gasteiger charge is 2.19. The number of hydrogen-bond acceptors (Lipinski definition) is 3. The summed E-state index contributed by atoms with van der Waals surface area (Å²) in [4.78, 5) is 20.0. The number of carbonyl (C=O) groups is 1. The molecule has 3 N–H and O–H groups in total. The van der Waals surface area contributed by atoms with Crippen molar-refractivity contribution in [1.29, 1.82) is 0 Å². The maximum atomic E-state index is 13.9. The normalized spacial score (nSPS) is 11.0. The number of halogens is 2. The van der Waals surface area contributed by atoms with E-state index >= 15 is 0 Å². The van der Waals surface area contributed by atoms with Crippen molar-refractivity contribution in [3.05, 3.63) is 65.1 Å². The van der Waals surface area contributed by atoms with Crippen molar-refractivity contribution in [2.24, 2.45) is 0 Å². The Kier molecular flexibility index (Phi) is 3.70. The van der Waals surface area contributed by atoms with E-state index in [2.05, 4.69) is 25.5 Å². The van der Waals surface area contributed by atoms with Crippen LogP contribution in [0.2, 0.25) is 5.02 Å². The maximum absolute atomic E-state index is 13.9. The summed E-state index contributed by atoms with van der Waals surface area (Å²) in [6.45, 7) is 0. The number of anilines is 1. The van der Waals surface area contributed by atoms with Crippen LogP contribution < -0.4 is 5.32 Å². The first-order valence-electron chi connectivity index (χ1n) is 7.38. The molecule has 0 aliphatic heterocycles. The Balaban J connectivity index is 1.69. The molecular weight excluding hydrogens is 345 g/mol. The van der Waals surface area contributed by atoms with Gasteiger partial charge in [0.1, 0.15) is 5.82 Å². The number of amides is 1. The summed E-state index contributed by atoms with van der Waals surface area (Å²) in [6.07, 6.45) is 1.50. The SMILES string of the molecule is O=C(Nc1c[nH]nc1-c1nc2ccccc2[nH]1)c1c(F)cccc1Cl. The van der Waals surface area contributed by atoms with Crippen molar-refractivity contribution in [2.75, 3.05) is 5.32 Å². The van der Waals surface area contributed by atoms with Crippen LogP contribution in [0.25, 0.3) is 22.6 Å². The molecule has 0 aliphatic rings. The fourth-order valence-corrected chi connectivity index (χ4v) is 2.78. The van der Waals surface area contributed by atoms with E-state index in [4.69, 9.17) is 11.6 Å². The van der Waals surface area contributed by atoms with E-state index in [1.807, 2.05) is 24.3 Å². The molecule has 0 saturated carbocycles. The second-order valence-corrected chi connectivity index (χ2v) is 5.71. The van der Waals surface area contributed by atoms with Crippen LogP contribution in [-0.2, 0) is 0 Å². The minimum atomic E-state index is -0.696. The van der Waals surface area contributed by atoms with Gasteiger partial charge in [-0.1, -0.05) is 29.8 Å². The number of fused-ring (bicyclic) bond motifs is 1. The van der Waals surface area contributed by atoms with Gasteiger partial charge in [-0.05, 0) is 24.3 Å². The number of aromatic nitrogens is 4. The van der Waals surface area contributed by atoms with Gasteiger partial charge in [0.25, 0.3) is 5.91 Å². The van der Waals surface area contributed by atoms with Gasteiger partial charge in [0, 0.05) is 6.20 Å². The van der Waals surface area contributed by atoms with Crippen molar-refractivity contribution < 1.29 is 9.18 Å². The van der Waals surface area contributed by atoms with Gasteiger partial charge < -0.3 is 10.3 Å². The molecule has 1 amide bonds. The average Bonchev–Trinajstić information content (AvgIpc) is 3.20. The largest absolute Gasteiger partial charge is 0.337 e. The number of benzene rings is 2. The van der Waals surface area contributed by atoms with Gasteiger partial charge >= 0.3 is 0 Å². The summed E-state index contributed by atoms with van der Waals surface area (Å²) >= 11 is 5.93. The predicted octanol–water partition coefficient (Wildman–Crippen LogP) is 4.00. The lowest BCUT2D eigenvalue weighted by Gasteiger charge is -2.07. The van der Waals surface area contributed by atoms with E-state index in [9.17, 15) is 9.18 Å². The number of aromatic amines is 2. The molecule has 2 aromatic carbocycles. The molecule has 2 aromatic heterocycles. The fourth-order valence-electron chi connectivity index (χ4n) is 2.53. The van der Waals surface area contributed by atoms with Gasteiger partial charge in [0.2, 0.25) is 0 Å². The molecule has 0 aliphatic carbocycles. The minimum absolute atomic E-state index is 0.0336. The van der Waals surface area contributed by atoms with E-state index < -0.39 is 11.7 Å². The number of H-pyrrole nitrogens is 2. The minimum Gasteiger partial charge on any atom is -0.337 e. The monoisotopic (exact) mass is 355 g/mol. The van der Waals surface area contributed by atoms with E-state index in [0.29, 0.717) is 17.2 Å². The Morgan fingerprint density at radius 1 is 1.16 bits per heavy atom. The topological polar surface area (TPSA) is 86.5 Å². The van der Waals surface area contributed by atoms with Gasteiger partial charge in [-0.3, -0.25) is 9.89 Å². The second-order valence-electron chi connectivity index (χ2n) is 5.30. The molecule has 25 heavy (non-hydrogen) atoms. The highest BCUT2D eigenvalue weighted by atomic mass is 35.5. The number of para-hydroxylation sites is 2. The molecule has 0 fully saturated rings. The summed E-state index contributed by atoms with van der Waals surface area (Å²) in [5, 5.41) is 9.44. The summed E-state index contributed by atoms with van der Waals surface area (Å²) in [7, 11) is 0. The van der Waals surface area contributed by atoms with Gasteiger partial charge in [-0.2, -0.15) is 5.10 Å². The Morgan fingerprint density at radius 3 is 2.80 bits per heavy atom. The number of nitrogens with zero attached hydrogens (tertiary/aromatic N) is 2. The number of hydrogen-bond donors (Lipinski definition) is 3. The average molecular weight is 356 g/mol. The van der Waals surface area contributed by atoms with Crippen molar-refractivity contribution >= 4 is 34.2 Å². The molecule has 124 valence electrons. The molecule has 0 atom stereocenters. The Hall–Kier alpha value is -3.19. The molecule has 2 heterocycles. The third-order valence-electron chi connectivity index (χ3n) is 3.69. The fraction of sp³-hybridized carbons (Fsp3) is 0. The number of imidazole rings is 1. The van der Waals surface area contributed by atoms with E-state index in [-0.39, 0.29) is 10.6 Å². The molecule has 0 bridgehead atoms. The third-order valence-corrected chi connectivity index (χ3v) is 4.01. The van der Waals surface area contributed by atoms with Crippen LogP contribution in [0.4, 0.5) is 10.1 Å². The van der Waals surface area contributed by atoms with Crippen LogP contribution >= 0.6 is 11.6 Å². The first-order chi connectivity index (χ1) is 12.1. The Labute approximate surface area is 146 Å². The molecule has 8 heteroatoms. The standard InChI is InChI=1S/C17H11ClFN5O/c18-9-4-3-5-10(19)14(9)17(25)23-13-8-20-24-15(13)16-21-11-6-1-2-7-12(11)22-16/h1-8H,(H,20,24)(H,21,22)(H,23,25). The summed E-state index contributed by atoms with van der Waals surface area (Å²) < 4.78 is 13.9. The van der Waals surface area contributed by atoms with Crippen molar-refractivity contribution in [2.45, 2.75) is 0 Å². The maximum Gasteiger partial charge on any atom is 0.260 e. The molecule has 6 nitrogen and oxygen atoms in total. The molecule has 0 spiro atoms. The van der Waals surface area contributed by atoms with E-state index in [0.717, 1.165) is 11.0 Å². The van der Waals surface area contributed by atoms with Gasteiger partial charge in [-0.25, -0.2) is 9.37 Å². The summed E-state index contributed by atoms with van der Waals surface area (Å²) in [6, 6.07) is 11.6. The highest BCUT2D eigenvalue weighted by molar-refractivity contribution is 6.34. The number of nitrogens with one attached hydrogen (secondary N) is 3. The first-order valence-corrected chi connectivity index (χ1v) is 7.75. The van der Waals surface area contributed by atoms with Crippen LogP contribution in [0.15, 0.2) is 48.7 Å². The third kappa shape index (κ3) is 2.74. The highest BCUT2D eigenvalue weighted by Crippen LogP contribution is 2.27. The smallest absolute Gasteiger partial charge is 0.260 e. The van der Waals surface area contributed by atoms with Crippen molar-refractivity contribution in [3.8, 4) is 11.5 Å². The van der Waals surface area contributed by atoms with E-state index in [1.165, 1.54) is 24.4 Å². The molecule has 0 radical (unpaired) electrons. The quantitative estimate of drug-likeness (QED) is 0.519. The van der Waals surface area contributed by atoms with Gasteiger partial charge in [0.15, 0.2) is 11.5 Å². The van der Waals surface area contributed by atoms with Crippen molar-refractivity contribution in [3.63, 3.8) is 0 Å². The van der Waals surface area contributed by atoms with Crippen LogP contribution in [0.5, 0.6) is 0 Å². The Bertz CT molecular complexity index is 1030.